The molecule has 0 aliphatic carbocycles. The lowest BCUT2D eigenvalue weighted by Crippen LogP contribution is -2.13. The van der Waals surface area contributed by atoms with Crippen LogP contribution in [0.1, 0.15) is 71.1 Å². The van der Waals surface area contributed by atoms with Crippen LogP contribution in [0.4, 0.5) is 0 Å². The first-order chi connectivity index (χ1) is 12.3. The molecule has 0 fully saturated rings. The number of hydrogen-bond donors (Lipinski definition) is 2. The molecule has 0 bridgehead atoms. The maximum absolute atomic E-state index is 10.4. The van der Waals surface area contributed by atoms with Crippen LogP contribution >= 0.6 is 0 Å². The normalized spacial score (nSPS) is 12.9. The number of allylic oxidation sites excluding steroid dienone is 5. The van der Waals surface area contributed by atoms with E-state index in [-0.39, 0.29) is 0 Å². The van der Waals surface area contributed by atoms with E-state index in [2.05, 4.69) is 22.8 Å². The molecule has 0 amide bonds. The van der Waals surface area contributed by atoms with Gasteiger partial charge >= 0.3 is 0 Å². The summed E-state index contributed by atoms with van der Waals surface area (Å²) in [5.74, 6) is 0.777. The Morgan fingerprint density at radius 2 is 1.52 bits per heavy atom. The molecule has 1 unspecified atom stereocenters. The van der Waals surface area contributed by atoms with Gasteiger partial charge in [-0.15, -0.1) is 0 Å². The molecular weight excluding hydrogens is 320 g/mol. The molecule has 0 saturated heterocycles. The Morgan fingerprint density at radius 1 is 0.920 bits per heavy atom. The molecule has 5 nitrogen and oxygen atoms in total. The highest BCUT2D eigenvalue weighted by Gasteiger charge is 2.14. The smallest absolute Gasteiger partial charge is 0.260 e. The van der Waals surface area contributed by atoms with Gasteiger partial charge in [0, 0.05) is 0 Å². The Morgan fingerprint density at radius 3 is 2.08 bits per heavy atom. The third kappa shape index (κ3) is 14.4. The SMILES string of the molecule is CCCCCCCCCCC/C=C/C=C/C=C/C(OO)C(=C=O)OO. The highest BCUT2D eigenvalue weighted by Crippen LogP contribution is 2.10. The zero-order chi connectivity index (χ0) is 18.6. The van der Waals surface area contributed by atoms with E-state index in [1.165, 1.54) is 69.8 Å². The lowest BCUT2D eigenvalue weighted by atomic mass is 10.1. The molecule has 0 radical (unpaired) electrons. The third-order valence-electron chi connectivity index (χ3n) is 3.80. The van der Waals surface area contributed by atoms with Crippen LogP contribution in [0.3, 0.4) is 0 Å². The van der Waals surface area contributed by atoms with E-state index < -0.39 is 11.9 Å². The van der Waals surface area contributed by atoms with E-state index in [1.807, 2.05) is 12.2 Å². The first kappa shape index (κ1) is 23.4. The fourth-order valence-electron chi connectivity index (χ4n) is 2.34. The Labute approximate surface area is 151 Å². The van der Waals surface area contributed by atoms with Crippen molar-refractivity contribution in [2.24, 2.45) is 0 Å². The predicted octanol–water partition coefficient (Wildman–Crippen LogP) is 5.64. The van der Waals surface area contributed by atoms with Crippen molar-refractivity contribution in [1.29, 1.82) is 0 Å². The van der Waals surface area contributed by atoms with E-state index in [0.717, 1.165) is 6.42 Å². The van der Waals surface area contributed by atoms with Gasteiger partial charge in [0.25, 0.3) is 5.76 Å². The van der Waals surface area contributed by atoms with E-state index in [0.29, 0.717) is 0 Å². The first-order valence-corrected chi connectivity index (χ1v) is 9.16. The van der Waals surface area contributed by atoms with Crippen molar-refractivity contribution in [3.8, 4) is 0 Å². The second-order valence-corrected chi connectivity index (χ2v) is 5.90. The van der Waals surface area contributed by atoms with Gasteiger partial charge in [-0.3, -0.25) is 5.26 Å². The van der Waals surface area contributed by atoms with E-state index in [1.54, 1.807) is 12.2 Å². The molecule has 0 spiro atoms. The number of rotatable bonds is 16. The largest absolute Gasteiger partial charge is 0.329 e. The van der Waals surface area contributed by atoms with Gasteiger partial charge in [0.15, 0.2) is 12.0 Å². The molecule has 142 valence electrons. The van der Waals surface area contributed by atoms with Crippen LogP contribution < -0.4 is 0 Å². The van der Waals surface area contributed by atoms with Crippen molar-refractivity contribution < 1.29 is 25.1 Å². The number of carbonyl (C=O) groups excluding carboxylic acids is 1. The monoisotopic (exact) mass is 352 g/mol. The van der Waals surface area contributed by atoms with Crippen molar-refractivity contribution >= 4 is 5.94 Å². The van der Waals surface area contributed by atoms with Gasteiger partial charge in [-0.05, 0) is 18.9 Å². The summed E-state index contributed by atoms with van der Waals surface area (Å²) in [5.41, 5.74) is 0. The molecule has 0 aliphatic rings. The molecule has 5 heteroatoms. The van der Waals surface area contributed by atoms with E-state index in [4.69, 9.17) is 10.5 Å². The summed E-state index contributed by atoms with van der Waals surface area (Å²) in [6.07, 6.45) is 22.4. The summed E-state index contributed by atoms with van der Waals surface area (Å²) < 4.78 is 0. The molecule has 0 aliphatic heterocycles. The minimum absolute atomic E-state index is 0.548. The zero-order valence-corrected chi connectivity index (χ0v) is 15.2. The molecule has 0 aromatic rings. The topological polar surface area (TPSA) is 76.0 Å². The van der Waals surface area contributed by atoms with Crippen LogP contribution in [0.5, 0.6) is 0 Å². The molecule has 25 heavy (non-hydrogen) atoms. The summed E-state index contributed by atoms with van der Waals surface area (Å²) in [7, 11) is 0. The summed E-state index contributed by atoms with van der Waals surface area (Å²) >= 11 is 0. The van der Waals surface area contributed by atoms with Crippen LogP contribution in [-0.4, -0.2) is 22.6 Å². The van der Waals surface area contributed by atoms with Gasteiger partial charge in [-0.1, -0.05) is 88.7 Å². The van der Waals surface area contributed by atoms with Crippen LogP contribution in [0, 0.1) is 0 Å². The fraction of sp³-hybridized carbons (Fsp3) is 0.600. The standard InChI is InChI=1S/C20H32O5/c1-2-3-4-5-6-7-8-9-10-11-12-13-14-15-16-17-19(24-22)20(18-21)25-23/h12-17,19,22-23H,2-11H2,1H3/b13-12+,15-14+,17-16+. The van der Waals surface area contributed by atoms with Crippen molar-refractivity contribution in [2.45, 2.75) is 77.2 Å². The first-order valence-electron chi connectivity index (χ1n) is 9.16. The fourth-order valence-corrected chi connectivity index (χ4v) is 2.34. The minimum Gasteiger partial charge on any atom is -0.329 e. The van der Waals surface area contributed by atoms with Crippen molar-refractivity contribution in [1.82, 2.24) is 0 Å². The number of unbranched alkanes of at least 4 members (excludes halogenated alkanes) is 9. The lowest BCUT2D eigenvalue weighted by Gasteiger charge is -2.05. The Bertz CT molecular complexity index is 433. The Balaban J connectivity index is 3.69. The van der Waals surface area contributed by atoms with Crippen LogP contribution in [0.25, 0.3) is 0 Å². The molecule has 0 saturated carbocycles. The van der Waals surface area contributed by atoms with Crippen molar-refractivity contribution in [3.63, 3.8) is 0 Å². The molecule has 0 aromatic carbocycles. The summed E-state index contributed by atoms with van der Waals surface area (Å²) in [6, 6.07) is 0. The van der Waals surface area contributed by atoms with Gasteiger partial charge < -0.3 is 4.89 Å². The summed E-state index contributed by atoms with van der Waals surface area (Å²) in [5, 5.41) is 17.0. The minimum atomic E-state index is -1.18. The Hall–Kier alpha value is -1.65. The second kappa shape index (κ2) is 18.7. The summed E-state index contributed by atoms with van der Waals surface area (Å²) in [6.45, 7) is 2.24. The summed E-state index contributed by atoms with van der Waals surface area (Å²) in [4.78, 5) is 18.1. The van der Waals surface area contributed by atoms with Crippen molar-refractivity contribution in [2.75, 3.05) is 0 Å². The van der Waals surface area contributed by atoms with Crippen LogP contribution in [-0.2, 0) is 14.6 Å². The maximum atomic E-state index is 10.4. The number of hydrogen-bond acceptors (Lipinski definition) is 5. The van der Waals surface area contributed by atoms with Crippen LogP contribution in [0.2, 0.25) is 0 Å². The second-order valence-electron chi connectivity index (χ2n) is 5.90. The van der Waals surface area contributed by atoms with Gasteiger partial charge in [0.1, 0.15) is 0 Å². The molecular formula is C20H32O5. The molecule has 1 atom stereocenters. The molecule has 0 heterocycles. The zero-order valence-electron chi connectivity index (χ0n) is 15.2. The quantitative estimate of drug-likeness (QED) is 0.0939. The highest BCUT2D eigenvalue weighted by atomic mass is 17.1. The van der Waals surface area contributed by atoms with Gasteiger partial charge in [-0.25, -0.2) is 14.9 Å². The van der Waals surface area contributed by atoms with E-state index >= 15 is 0 Å². The average Bonchev–Trinajstić information content (AvgIpc) is 2.64. The van der Waals surface area contributed by atoms with Gasteiger partial charge in [-0.2, -0.15) is 0 Å². The van der Waals surface area contributed by atoms with Crippen molar-refractivity contribution in [3.05, 3.63) is 42.2 Å². The van der Waals surface area contributed by atoms with Crippen LogP contribution in [0.15, 0.2) is 42.2 Å². The molecule has 2 N–H and O–H groups in total. The maximum Gasteiger partial charge on any atom is 0.260 e. The molecule has 0 rings (SSSR count). The van der Waals surface area contributed by atoms with Gasteiger partial charge in [0.05, 0.1) is 0 Å². The predicted molar refractivity (Wildman–Crippen MR) is 99.7 cm³/mol. The average molecular weight is 352 g/mol. The van der Waals surface area contributed by atoms with Gasteiger partial charge in [0.2, 0.25) is 0 Å². The Kier molecular flexibility index (Phi) is 17.5. The molecule has 0 aromatic heterocycles. The lowest BCUT2D eigenvalue weighted by molar-refractivity contribution is -0.287. The highest BCUT2D eigenvalue weighted by molar-refractivity contribution is 5.51. The van der Waals surface area contributed by atoms with E-state index in [9.17, 15) is 4.79 Å². The third-order valence-corrected chi connectivity index (χ3v) is 3.80.